The van der Waals surface area contributed by atoms with Gasteiger partial charge in [0.25, 0.3) is 5.91 Å². The second-order valence-corrected chi connectivity index (χ2v) is 4.50. The summed E-state index contributed by atoms with van der Waals surface area (Å²) >= 11 is 5.67. The molecule has 1 N–H and O–H groups in total. The molecule has 106 valence electrons. The molecule has 2 aromatic heterocycles. The van der Waals surface area contributed by atoms with Crippen molar-refractivity contribution in [2.24, 2.45) is 12.1 Å². The van der Waals surface area contributed by atoms with Crippen LogP contribution in [-0.2, 0) is 18.4 Å². The van der Waals surface area contributed by atoms with Crippen LogP contribution in [0.15, 0.2) is 17.5 Å². The van der Waals surface area contributed by atoms with Crippen LogP contribution >= 0.6 is 11.6 Å². The number of amides is 1. The van der Waals surface area contributed by atoms with Crippen LogP contribution in [0.2, 0.25) is 5.02 Å². The maximum atomic E-state index is 13.6. The van der Waals surface area contributed by atoms with Gasteiger partial charge < -0.3 is 0 Å². The summed E-state index contributed by atoms with van der Waals surface area (Å²) in [4.78, 5) is 11.5. The van der Waals surface area contributed by atoms with E-state index in [1.165, 1.54) is 30.3 Å². The van der Waals surface area contributed by atoms with Gasteiger partial charge in [0, 0.05) is 13.2 Å². The fraction of sp³-hybridized carbons (Fsp3) is 0.273. The highest BCUT2D eigenvalue weighted by Gasteiger charge is 2.10. The second kappa shape index (κ2) is 5.83. The van der Waals surface area contributed by atoms with Crippen LogP contribution in [0.4, 0.5) is 4.39 Å². The van der Waals surface area contributed by atoms with Crippen LogP contribution in [0, 0.1) is 12.9 Å². The van der Waals surface area contributed by atoms with Crippen molar-refractivity contribution in [2.45, 2.75) is 13.5 Å². The van der Waals surface area contributed by atoms with Crippen molar-refractivity contribution in [3.8, 4) is 0 Å². The van der Waals surface area contributed by atoms with E-state index in [4.69, 9.17) is 11.6 Å². The molecule has 2 rings (SSSR count). The van der Waals surface area contributed by atoms with Gasteiger partial charge >= 0.3 is 0 Å². The number of aryl methyl sites for hydroxylation is 2. The Hall–Kier alpha value is -2.22. The molecule has 0 unspecified atom stereocenters. The second-order valence-electron chi connectivity index (χ2n) is 4.06. The van der Waals surface area contributed by atoms with Gasteiger partial charge in [0.05, 0.1) is 28.7 Å². The molecule has 0 aromatic carbocycles. The zero-order valence-electron chi connectivity index (χ0n) is 10.8. The number of hydrogen-bond donors (Lipinski definition) is 1. The first-order chi connectivity index (χ1) is 9.47. The lowest BCUT2D eigenvalue weighted by molar-refractivity contribution is -0.121. The highest BCUT2D eigenvalue weighted by Crippen LogP contribution is 2.07. The van der Waals surface area contributed by atoms with Gasteiger partial charge in [-0.25, -0.2) is 10.1 Å². The molecule has 0 radical (unpaired) electrons. The van der Waals surface area contributed by atoms with E-state index < -0.39 is 11.9 Å². The predicted octanol–water partition coefficient (Wildman–Crippen LogP) is 0.868. The molecule has 0 spiro atoms. The number of carbonyl (C=O) groups is 1. The van der Waals surface area contributed by atoms with Crippen LogP contribution in [0.3, 0.4) is 0 Å². The fourth-order valence-electron chi connectivity index (χ4n) is 1.57. The molecule has 0 bridgehead atoms. The van der Waals surface area contributed by atoms with Crippen molar-refractivity contribution in [1.82, 2.24) is 25.0 Å². The lowest BCUT2D eigenvalue weighted by Gasteiger charge is -1.99. The highest BCUT2D eigenvalue weighted by molar-refractivity contribution is 6.30. The molecular formula is C11H12ClFN6O. The first kappa shape index (κ1) is 14.2. The third-order valence-electron chi connectivity index (χ3n) is 2.49. The minimum absolute atomic E-state index is 0.0292. The number of hydrogen-bond acceptors (Lipinski definition) is 4. The Balaban J connectivity index is 1.94. The molecular weight excluding hydrogens is 287 g/mol. The largest absolute Gasteiger partial charge is 0.271 e. The zero-order chi connectivity index (χ0) is 14.7. The quantitative estimate of drug-likeness (QED) is 0.672. The number of nitrogens with one attached hydrogen (secondary N) is 1. The first-order valence-electron chi connectivity index (χ1n) is 5.66. The van der Waals surface area contributed by atoms with Crippen molar-refractivity contribution in [1.29, 1.82) is 0 Å². The van der Waals surface area contributed by atoms with Gasteiger partial charge in [-0.1, -0.05) is 11.6 Å². The van der Waals surface area contributed by atoms with Crippen LogP contribution in [0.5, 0.6) is 0 Å². The van der Waals surface area contributed by atoms with E-state index in [0.29, 0.717) is 10.7 Å². The predicted molar refractivity (Wildman–Crippen MR) is 70.9 cm³/mol. The van der Waals surface area contributed by atoms with Gasteiger partial charge in [0.2, 0.25) is 5.95 Å². The van der Waals surface area contributed by atoms with Crippen molar-refractivity contribution < 1.29 is 9.18 Å². The maximum absolute atomic E-state index is 13.6. The molecule has 9 heteroatoms. The van der Waals surface area contributed by atoms with Gasteiger partial charge in [-0.05, 0) is 6.92 Å². The summed E-state index contributed by atoms with van der Waals surface area (Å²) in [7, 11) is 1.49. The maximum Gasteiger partial charge on any atom is 0.261 e. The minimum Gasteiger partial charge on any atom is -0.271 e. The summed E-state index contributed by atoms with van der Waals surface area (Å²) in [5.41, 5.74) is 2.99. The standard InChI is InChI=1S/C11H12ClFN6O/c1-7-9(11(13)18(2)17-7)4-14-16-10(20)6-19-5-8(12)3-15-19/h3-5H,6H2,1-2H3,(H,16,20)/b14-4+. The Morgan fingerprint density at radius 1 is 1.65 bits per heavy atom. The molecule has 2 aromatic rings. The lowest BCUT2D eigenvalue weighted by atomic mass is 10.3. The van der Waals surface area contributed by atoms with Crippen molar-refractivity contribution in [2.75, 3.05) is 0 Å². The summed E-state index contributed by atoms with van der Waals surface area (Å²) < 4.78 is 16.0. The lowest BCUT2D eigenvalue weighted by Crippen LogP contribution is -2.23. The van der Waals surface area contributed by atoms with E-state index in [9.17, 15) is 9.18 Å². The van der Waals surface area contributed by atoms with Crippen LogP contribution in [-0.4, -0.2) is 31.7 Å². The Labute approximate surface area is 119 Å². The molecule has 1 amide bonds. The van der Waals surface area contributed by atoms with E-state index in [-0.39, 0.29) is 12.1 Å². The normalized spacial score (nSPS) is 11.2. The number of nitrogens with zero attached hydrogens (tertiary/aromatic N) is 5. The molecule has 0 aliphatic heterocycles. The number of rotatable bonds is 4. The average Bonchev–Trinajstić information content (AvgIpc) is 2.88. The first-order valence-corrected chi connectivity index (χ1v) is 6.04. The monoisotopic (exact) mass is 298 g/mol. The number of aromatic nitrogens is 4. The smallest absolute Gasteiger partial charge is 0.261 e. The van der Waals surface area contributed by atoms with Gasteiger partial charge in [-0.2, -0.15) is 19.7 Å². The van der Waals surface area contributed by atoms with Crippen molar-refractivity contribution in [3.05, 3.63) is 34.6 Å². The molecule has 0 saturated carbocycles. The Morgan fingerprint density at radius 3 is 2.95 bits per heavy atom. The molecule has 7 nitrogen and oxygen atoms in total. The fourth-order valence-corrected chi connectivity index (χ4v) is 1.73. The van der Waals surface area contributed by atoms with Crippen LogP contribution in [0.1, 0.15) is 11.3 Å². The topological polar surface area (TPSA) is 77.1 Å². The molecule has 0 aliphatic carbocycles. The van der Waals surface area contributed by atoms with Crippen molar-refractivity contribution >= 4 is 23.7 Å². The van der Waals surface area contributed by atoms with E-state index in [2.05, 4.69) is 20.7 Å². The van der Waals surface area contributed by atoms with E-state index in [0.717, 1.165) is 4.68 Å². The summed E-state index contributed by atoms with van der Waals surface area (Å²) in [5, 5.41) is 11.9. The molecule has 0 saturated heterocycles. The van der Waals surface area contributed by atoms with E-state index in [1.54, 1.807) is 6.92 Å². The van der Waals surface area contributed by atoms with E-state index in [1.807, 2.05) is 0 Å². The van der Waals surface area contributed by atoms with Gasteiger partial charge in [0.15, 0.2) is 0 Å². The number of halogens is 2. The van der Waals surface area contributed by atoms with Crippen molar-refractivity contribution in [3.63, 3.8) is 0 Å². The number of hydrazone groups is 1. The summed E-state index contributed by atoms with van der Waals surface area (Å²) in [6, 6.07) is 0. The zero-order valence-corrected chi connectivity index (χ0v) is 11.6. The highest BCUT2D eigenvalue weighted by atomic mass is 35.5. The minimum atomic E-state index is -0.514. The number of carbonyl (C=O) groups excluding carboxylic acids is 1. The SMILES string of the molecule is Cc1nn(C)c(F)c1/C=N/NC(=O)Cn1cc(Cl)cn1. The van der Waals surface area contributed by atoms with Gasteiger partial charge in [-0.3, -0.25) is 9.48 Å². The van der Waals surface area contributed by atoms with Crippen LogP contribution in [0.25, 0.3) is 0 Å². The van der Waals surface area contributed by atoms with Gasteiger partial charge in [-0.15, -0.1) is 0 Å². The average molecular weight is 299 g/mol. The summed E-state index contributed by atoms with van der Waals surface area (Å²) in [6.45, 7) is 1.62. The third kappa shape index (κ3) is 3.21. The Kier molecular flexibility index (Phi) is 4.14. The summed E-state index contributed by atoms with van der Waals surface area (Å²) in [5.74, 6) is -0.915. The molecule has 0 fully saturated rings. The molecule has 20 heavy (non-hydrogen) atoms. The Morgan fingerprint density at radius 2 is 2.40 bits per heavy atom. The summed E-state index contributed by atoms with van der Waals surface area (Å²) in [6.07, 6.45) is 4.15. The van der Waals surface area contributed by atoms with Gasteiger partial charge in [0.1, 0.15) is 6.54 Å². The molecule has 0 atom stereocenters. The Bertz CT molecular complexity index is 662. The molecule has 0 aliphatic rings. The van der Waals surface area contributed by atoms with E-state index >= 15 is 0 Å². The van der Waals surface area contributed by atoms with Crippen LogP contribution < -0.4 is 5.43 Å². The third-order valence-corrected chi connectivity index (χ3v) is 2.68. The molecule has 2 heterocycles.